The molecule has 2 aromatic rings. The van der Waals surface area contributed by atoms with Gasteiger partial charge >= 0.3 is 12.4 Å². The molecule has 0 atom stereocenters. The van der Waals surface area contributed by atoms with Crippen molar-refractivity contribution in [2.75, 3.05) is 0 Å². The molecule has 2 aromatic carbocycles. The molecule has 0 aromatic heterocycles. The van der Waals surface area contributed by atoms with Gasteiger partial charge in [-0.25, -0.2) is 0 Å². The summed E-state index contributed by atoms with van der Waals surface area (Å²) < 4.78 is 79.7. The third kappa shape index (κ3) is 3.39. The average molecular weight is 350 g/mol. The standard InChI is InChI=1S/C16H12F6O2/c17-15(18,19)11-5-1-3-9(7-23)13(11)14-10(8-24)4-2-6-12(14)16(20,21)22/h1-6,23-24H,7-8H2. The van der Waals surface area contributed by atoms with Crippen molar-refractivity contribution in [2.45, 2.75) is 25.6 Å². The summed E-state index contributed by atoms with van der Waals surface area (Å²) in [6, 6.07) is 5.52. The molecule has 24 heavy (non-hydrogen) atoms. The molecule has 8 heteroatoms. The van der Waals surface area contributed by atoms with Crippen molar-refractivity contribution in [3.63, 3.8) is 0 Å². The lowest BCUT2D eigenvalue weighted by atomic mass is 9.87. The van der Waals surface area contributed by atoms with Gasteiger partial charge < -0.3 is 10.2 Å². The van der Waals surface area contributed by atoms with Crippen LogP contribution in [0.15, 0.2) is 36.4 Å². The van der Waals surface area contributed by atoms with E-state index in [1.54, 1.807) is 0 Å². The van der Waals surface area contributed by atoms with Crippen molar-refractivity contribution >= 4 is 0 Å². The molecule has 0 bridgehead atoms. The predicted octanol–water partition coefficient (Wildman–Crippen LogP) is 4.38. The fourth-order valence-electron chi connectivity index (χ4n) is 2.53. The zero-order valence-corrected chi connectivity index (χ0v) is 12.0. The molecule has 0 unspecified atom stereocenters. The van der Waals surface area contributed by atoms with Crippen molar-refractivity contribution in [3.8, 4) is 11.1 Å². The Balaban J connectivity index is 2.96. The maximum absolute atomic E-state index is 13.3. The minimum Gasteiger partial charge on any atom is -0.392 e. The van der Waals surface area contributed by atoms with Crippen molar-refractivity contribution in [1.29, 1.82) is 0 Å². The highest BCUT2D eigenvalue weighted by Crippen LogP contribution is 2.45. The minimum absolute atomic E-state index is 0.309. The Bertz CT molecular complexity index is 671. The van der Waals surface area contributed by atoms with Crippen LogP contribution < -0.4 is 0 Å². The summed E-state index contributed by atoms with van der Waals surface area (Å²) in [5.74, 6) is 0. The highest BCUT2D eigenvalue weighted by molar-refractivity contribution is 5.78. The van der Waals surface area contributed by atoms with Gasteiger partial charge in [0, 0.05) is 11.1 Å². The van der Waals surface area contributed by atoms with Gasteiger partial charge in [0.25, 0.3) is 0 Å². The largest absolute Gasteiger partial charge is 0.417 e. The van der Waals surface area contributed by atoms with E-state index in [0.29, 0.717) is 12.1 Å². The van der Waals surface area contributed by atoms with E-state index in [9.17, 15) is 36.6 Å². The van der Waals surface area contributed by atoms with Crippen LogP contribution in [-0.4, -0.2) is 10.2 Å². The maximum Gasteiger partial charge on any atom is 0.417 e. The summed E-state index contributed by atoms with van der Waals surface area (Å²) in [7, 11) is 0. The third-order valence-corrected chi connectivity index (χ3v) is 3.50. The van der Waals surface area contributed by atoms with Gasteiger partial charge in [-0.05, 0) is 23.3 Å². The van der Waals surface area contributed by atoms with Gasteiger partial charge in [-0.3, -0.25) is 0 Å². The zero-order valence-electron chi connectivity index (χ0n) is 12.0. The number of halogens is 6. The first kappa shape index (κ1) is 18.3. The predicted molar refractivity (Wildman–Crippen MR) is 73.7 cm³/mol. The van der Waals surface area contributed by atoms with E-state index in [2.05, 4.69) is 0 Å². The summed E-state index contributed by atoms with van der Waals surface area (Å²) in [6.07, 6.45) is -9.85. The maximum atomic E-state index is 13.3. The average Bonchev–Trinajstić information content (AvgIpc) is 2.51. The Morgan fingerprint density at radius 2 is 0.958 bits per heavy atom. The van der Waals surface area contributed by atoms with Crippen LogP contribution in [0.2, 0.25) is 0 Å². The first-order valence-electron chi connectivity index (χ1n) is 6.71. The Kier molecular flexibility index (Phi) is 4.91. The molecule has 0 saturated carbocycles. The van der Waals surface area contributed by atoms with Crippen molar-refractivity contribution in [1.82, 2.24) is 0 Å². The highest BCUT2D eigenvalue weighted by Gasteiger charge is 2.40. The Labute approximate surface area is 133 Å². The number of benzene rings is 2. The number of aliphatic hydroxyl groups excluding tert-OH is 2. The van der Waals surface area contributed by atoms with Crippen LogP contribution >= 0.6 is 0 Å². The van der Waals surface area contributed by atoms with E-state index in [1.807, 2.05) is 0 Å². The normalized spacial score (nSPS) is 12.5. The molecule has 2 nitrogen and oxygen atoms in total. The number of hydrogen-bond donors (Lipinski definition) is 2. The second kappa shape index (κ2) is 6.45. The first-order valence-corrected chi connectivity index (χ1v) is 6.71. The molecule has 0 amide bonds. The van der Waals surface area contributed by atoms with Crippen molar-refractivity contribution in [3.05, 3.63) is 58.7 Å². The molecule has 0 heterocycles. The van der Waals surface area contributed by atoms with Crippen LogP contribution in [0.3, 0.4) is 0 Å². The summed E-state index contributed by atoms with van der Waals surface area (Å²) in [4.78, 5) is 0. The number of rotatable bonds is 3. The fourth-order valence-corrected chi connectivity index (χ4v) is 2.53. The lowest BCUT2D eigenvalue weighted by molar-refractivity contribution is -0.139. The van der Waals surface area contributed by atoms with Crippen molar-refractivity contribution < 1.29 is 36.6 Å². The minimum atomic E-state index is -4.92. The highest BCUT2D eigenvalue weighted by atomic mass is 19.4. The molecule has 0 aliphatic rings. The van der Waals surface area contributed by atoms with Gasteiger partial charge in [0.1, 0.15) is 0 Å². The van der Waals surface area contributed by atoms with Gasteiger partial charge in [0.2, 0.25) is 0 Å². The lowest BCUT2D eigenvalue weighted by Gasteiger charge is -2.22. The number of alkyl halides is 6. The second-order valence-corrected chi connectivity index (χ2v) is 4.99. The van der Waals surface area contributed by atoms with Gasteiger partial charge in [-0.1, -0.05) is 24.3 Å². The van der Waals surface area contributed by atoms with Crippen LogP contribution in [-0.2, 0) is 25.6 Å². The molecule has 0 aliphatic carbocycles. The summed E-state index contributed by atoms with van der Waals surface area (Å²) >= 11 is 0. The van der Waals surface area contributed by atoms with E-state index >= 15 is 0 Å². The molecule has 2 N–H and O–H groups in total. The summed E-state index contributed by atoms with van der Waals surface area (Å²) in [6.45, 7) is -1.76. The van der Waals surface area contributed by atoms with Gasteiger partial charge in [-0.2, -0.15) is 26.3 Å². The van der Waals surface area contributed by atoms with Crippen LogP contribution in [0.5, 0.6) is 0 Å². The van der Waals surface area contributed by atoms with E-state index in [0.717, 1.165) is 24.3 Å². The summed E-state index contributed by atoms with van der Waals surface area (Å²) in [5, 5.41) is 18.6. The quantitative estimate of drug-likeness (QED) is 0.807. The number of aliphatic hydroxyl groups is 2. The lowest BCUT2D eigenvalue weighted by Crippen LogP contribution is -2.14. The van der Waals surface area contributed by atoms with E-state index < -0.39 is 47.8 Å². The fraction of sp³-hybridized carbons (Fsp3) is 0.250. The van der Waals surface area contributed by atoms with Crippen molar-refractivity contribution in [2.24, 2.45) is 0 Å². The molecule has 0 aliphatic heterocycles. The van der Waals surface area contributed by atoms with Crippen LogP contribution in [0.4, 0.5) is 26.3 Å². The molecule has 0 fully saturated rings. The SMILES string of the molecule is OCc1cccc(C(F)(F)F)c1-c1c(CO)cccc1C(F)(F)F. The molecule has 130 valence electrons. The van der Waals surface area contributed by atoms with E-state index in [1.165, 1.54) is 0 Å². The summed E-state index contributed by atoms with van der Waals surface area (Å²) in [5.41, 5.74) is -4.78. The molecule has 2 rings (SSSR count). The zero-order chi connectivity index (χ0) is 18.1. The van der Waals surface area contributed by atoms with Crippen LogP contribution in [0.1, 0.15) is 22.3 Å². The Morgan fingerprint density at radius 1 is 0.625 bits per heavy atom. The van der Waals surface area contributed by atoms with E-state index in [-0.39, 0.29) is 11.1 Å². The monoisotopic (exact) mass is 350 g/mol. The molecular weight excluding hydrogens is 338 g/mol. The molecule has 0 spiro atoms. The smallest absolute Gasteiger partial charge is 0.392 e. The van der Waals surface area contributed by atoms with Gasteiger partial charge in [-0.15, -0.1) is 0 Å². The first-order chi connectivity index (χ1) is 11.1. The van der Waals surface area contributed by atoms with Gasteiger partial charge in [0.15, 0.2) is 0 Å². The second-order valence-electron chi connectivity index (χ2n) is 4.99. The Morgan fingerprint density at radius 3 is 1.21 bits per heavy atom. The molecule has 0 radical (unpaired) electrons. The molecular formula is C16H12F6O2. The molecule has 0 saturated heterocycles. The van der Waals surface area contributed by atoms with Gasteiger partial charge in [0.05, 0.1) is 24.3 Å². The number of hydrogen-bond acceptors (Lipinski definition) is 2. The van der Waals surface area contributed by atoms with Crippen LogP contribution in [0.25, 0.3) is 11.1 Å². The van der Waals surface area contributed by atoms with E-state index in [4.69, 9.17) is 0 Å². The Hall–Kier alpha value is -2.06. The van der Waals surface area contributed by atoms with Crippen LogP contribution in [0, 0.1) is 0 Å². The topological polar surface area (TPSA) is 40.5 Å². The third-order valence-electron chi connectivity index (χ3n) is 3.50.